The summed E-state index contributed by atoms with van der Waals surface area (Å²) in [4.78, 5) is 14.7. The lowest BCUT2D eigenvalue weighted by Gasteiger charge is -2.50. The zero-order chi connectivity index (χ0) is 17.9. The van der Waals surface area contributed by atoms with Crippen molar-refractivity contribution in [3.8, 4) is 0 Å². The fraction of sp³-hybridized carbons (Fsp3) is 0.409. The van der Waals surface area contributed by atoms with Crippen LogP contribution in [-0.4, -0.2) is 24.5 Å². The van der Waals surface area contributed by atoms with Gasteiger partial charge in [-0.2, -0.15) is 0 Å². The minimum absolute atomic E-state index is 0.132. The fourth-order valence-electron chi connectivity index (χ4n) is 4.15. The number of nitrogens with zero attached hydrogens (tertiary/aromatic N) is 1. The molecule has 3 nitrogen and oxygen atoms in total. The summed E-state index contributed by atoms with van der Waals surface area (Å²) in [6, 6.07) is 21.0. The second-order valence-electron chi connectivity index (χ2n) is 6.96. The maximum atomic E-state index is 12.3. The summed E-state index contributed by atoms with van der Waals surface area (Å²) in [5.41, 5.74) is 1.78. The second-order valence-corrected chi connectivity index (χ2v) is 6.96. The van der Waals surface area contributed by atoms with Gasteiger partial charge in [-0.05, 0) is 18.2 Å². The first-order chi connectivity index (χ1) is 12.1. The number of piperidine rings is 1. The maximum absolute atomic E-state index is 12.3. The minimum Gasteiger partial charge on any atom is -0.454 e. The highest BCUT2D eigenvalue weighted by Crippen LogP contribution is 2.49. The Morgan fingerprint density at radius 2 is 1.72 bits per heavy atom. The summed E-state index contributed by atoms with van der Waals surface area (Å²) < 4.78 is 6.16. The normalized spacial score (nSPS) is 27.0. The number of hydrogen-bond donors (Lipinski definition) is 0. The van der Waals surface area contributed by atoms with Crippen LogP contribution in [-0.2, 0) is 15.1 Å². The van der Waals surface area contributed by atoms with Gasteiger partial charge in [0.05, 0.1) is 0 Å². The first-order valence-electron chi connectivity index (χ1n) is 9.11. The summed E-state index contributed by atoms with van der Waals surface area (Å²) in [5.74, 6) is 0.0126. The molecule has 0 N–H and O–H groups in total. The number of benzene rings is 2. The molecule has 132 valence electrons. The molecular formula is C22H27NO2. The molecule has 0 amide bonds. The Labute approximate surface area is 150 Å². The van der Waals surface area contributed by atoms with Gasteiger partial charge in [-0.25, -0.2) is 0 Å². The minimum atomic E-state index is -0.582. The smallest absolute Gasteiger partial charge is 0.306 e. The Hall–Kier alpha value is -2.13. The highest BCUT2D eigenvalue weighted by molar-refractivity contribution is 5.69. The summed E-state index contributed by atoms with van der Waals surface area (Å²) in [7, 11) is 2.16. The van der Waals surface area contributed by atoms with Crippen LogP contribution in [0.3, 0.4) is 0 Å². The predicted molar refractivity (Wildman–Crippen MR) is 100 cm³/mol. The Bertz CT molecular complexity index is 700. The predicted octanol–water partition coefficient (Wildman–Crippen LogP) is 4.55. The third-order valence-electron chi connectivity index (χ3n) is 5.51. The van der Waals surface area contributed by atoms with Crippen molar-refractivity contribution in [1.82, 2.24) is 4.90 Å². The second kappa shape index (κ2) is 7.40. The average molecular weight is 337 g/mol. The molecule has 1 aliphatic rings. The van der Waals surface area contributed by atoms with Crippen molar-refractivity contribution < 1.29 is 9.53 Å². The monoisotopic (exact) mass is 337 g/mol. The van der Waals surface area contributed by atoms with E-state index < -0.39 is 5.60 Å². The Morgan fingerprint density at radius 1 is 1.12 bits per heavy atom. The highest BCUT2D eigenvalue weighted by Gasteiger charge is 2.49. The van der Waals surface area contributed by atoms with Gasteiger partial charge in [-0.1, -0.05) is 74.5 Å². The van der Waals surface area contributed by atoms with Crippen LogP contribution in [0.5, 0.6) is 0 Å². The molecule has 25 heavy (non-hydrogen) atoms. The van der Waals surface area contributed by atoms with Crippen LogP contribution in [0.25, 0.3) is 0 Å². The van der Waals surface area contributed by atoms with E-state index in [1.807, 2.05) is 31.2 Å². The highest BCUT2D eigenvalue weighted by atomic mass is 16.6. The number of carbonyl (C=O) groups excluding carboxylic acids is 1. The zero-order valence-electron chi connectivity index (χ0n) is 15.3. The van der Waals surface area contributed by atoms with Gasteiger partial charge in [-0.15, -0.1) is 0 Å². The molecule has 1 saturated heterocycles. The van der Waals surface area contributed by atoms with Crippen LogP contribution in [0.15, 0.2) is 60.7 Å². The van der Waals surface area contributed by atoms with E-state index in [0.29, 0.717) is 6.42 Å². The first kappa shape index (κ1) is 17.7. The van der Waals surface area contributed by atoms with Crippen molar-refractivity contribution in [2.24, 2.45) is 5.92 Å². The molecule has 0 saturated carbocycles. The van der Waals surface area contributed by atoms with Crippen molar-refractivity contribution in [3.63, 3.8) is 0 Å². The molecule has 1 aliphatic heterocycles. The van der Waals surface area contributed by atoms with E-state index in [9.17, 15) is 4.79 Å². The van der Waals surface area contributed by atoms with E-state index in [1.54, 1.807) is 0 Å². The maximum Gasteiger partial charge on any atom is 0.306 e. The molecule has 0 spiro atoms. The Balaban J connectivity index is 2.06. The lowest BCUT2D eigenvalue weighted by Crippen LogP contribution is -2.51. The van der Waals surface area contributed by atoms with Gasteiger partial charge in [0.2, 0.25) is 0 Å². The first-order valence-corrected chi connectivity index (χ1v) is 9.11. The van der Waals surface area contributed by atoms with Crippen molar-refractivity contribution in [3.05, 3.63) is 71.8 Å². The number of esters is 1. The molecule has 3 rings (SSSR count). The van der Waals surface area contributed by atoms with Gasteiger partial charge in [0.1, 0.15) is 5.60 Å². The molecule has 2 aromatic rings. The lowest BCUT2D eigenvalue weighted by molar-refractivity contribution is -0.180. The quantitative estimate of drug-likeness (QED) is 0.767. The van der Waals surface area contributed by atoms with Gasteiger partial charge in [0.25, 0.3) is 0 Å². The molecular weight excluding hydrogens is 310 g/mol. The molecule has 0 bridgehead atoms. The third kappa shape index (κ3) is 3.34. The van der Waals surface area contributed by atoms with Crippen molar-refractivity contribution >= 4 is 5.97 Å². The van der Waals surface area contributed by atoms with Crippen LogP contribution in [0.4, 0.5) is 0 Å². The van der Waals surface area contributed by atoms with E-state index in [0.717, 1.165) is 18.5 Å². The van der Waals surface area contributed by atoms with Crippen molar-refractivity contribution in [1.29, 1.82) is 0 Å². The largest absolute Gasteiger partial charge is 0.454 e. The molecule has 3 atom stereocenters. The van der Waals surface area contributed by atoms with Crippen LogP contribution in [0, 0.1) is 5.92 Å². The molecule has 0 aromatic heterocycles. The summed E-state index contributed by atoms with van der Waals surface area (Å²) in [6.07, 6.45) is 1.21. The average Bonchev–Trinajstić information content (AvgIpc) is 2.66. The van der Waals surface area contributed by atoms with Crippen LogP contribution >= 0.6 is 0 Å². The standard InChI is InChI=1S/C22H27NO2/c1-4-20(24)25-22(19-13-9-6-10-14-19)15-16-23(3)21(17(22)2)18-11-7-5-8-12-18/h5-14,17,21H,4,15-16H2,1-3H3/t17-,21+,22+/m1/s1. The summed E-state index contributed by atoms with van der Waals surface area (Å²) in [6.45, 7) is 4.95. The van der Waals surface area contributed by atoms with Crippen LogP contribution in [0.1, 0.15) is 43.9 Å². The number of rotatable bonds is 4. The topological polar surface area (TPSA) is 29.5 Å². The van der Waals surface area contributed by atoms with E-state index >= 15 is 0 Å². The van der Waals surface area contributed by atoms with E-state index in [-0.39, 0.29) is 17.9 Å². The van der Waals surface area contributed by atoms with Gasteiger partial charge < -0.3 is 4.74 Å². The molecule has 0 unspecified atom stereocenters. The molecule has 1 heterocycles. The zero-order valence-corrected chi connectivity index (χ0v) is 15.3. The lowest BCUT2D eigenvalue weighted by atomic mass is 9.71. The summed E-state index contributed by atoms with van der Waals surface area (Å²) in [5, 5.41) is 0. The van der Waals surface area contributed by atoms with Gasteiger partial charge >= 0.3 is 5.97 Å². The molecule has 0 radical (unpaired) electrons. The fourth-order valence-corrected chi connectivity index (χ4v) is 4.15. The van der Waals surface area contributed by atoms with Crippen LogP contribution < -0.4 is 0 Å². The number of ether oxygens (including phenoxy) is 1. The SMILES string of the molecule is CCC(=O)O[C@@]1(c2ccccc2)CCN(C)[C@H](c2ccccc2)[C@H]1C. The Kier molecular flexibility index (Phi) is 5.24. The van der Waals surface area contributed by atoms with Gasteiger partial charge in [0.15, 0.2) is 0 Å². The molecule has 3 heteroatoms. The van der Waals surface area contributed by atoms with Gasteiger partial charge in [0, 0.05) is 31.3 Å². The number of carbonyl (C=O) groups is 1. The van der Waals surface area contributed by atoms with Gasteiger partial charge in [-0.3, -0.25) is 9.69 Å². The summed E-state index contributed by atoms with van der Waals surface area (Å²) >= 11 is 0. The third-order valence-corrected chi connectivity index (χ3v) is 5.51. The van der Waals surface area contributed by atoms with Crippen molar-refractivity contribution in [2.45, 2.75) is 38.3 Å². The molecule has 0 aliphatic carbocycles. The number of likely N-dealkylation sites (tertiary alicyclic amines) is 1. The van der Waals surface area contributed by atoms with Crippen molar-refractivity contribution in [2.75, 3.05) is 13.6 Å². The Morgan fingerprint density at radius 3 is 2.32 bits per heavy atom. The van der Waals surface area contributed by atoms with E-state index in [2.05, 4.69) is 55.3 Å². The molecule has 1 fully saturated rings. The molecule has 2 aromatic carbocycles. The van der Waals surface area contributed by atoms with Crippen LogP contribution in [0.2, 0.25) is 0 Å². The van der Waals surface area contributed by atoms with E-state index in [4.69, 9.17) is 4.74 Å². The number of hydrogen-bond acceptors (Lipinski definition) is 3. The van der Waals surface area contributed by atoms with E-state index in [1.165, 1.54) is 5.56 Å².